The van der Waals surface area contributed by atoms with Crippen molar-refractivity contribution in [3.63, 3.8) is 0 Å². The molecule has 7 fully saturated rings. The van der Waals surface area contributed by atoms with E-state index >= 15 is 0 Å². The second-order valence-electron chi connectivity index (χ2n) is 34.7. The van der Waals surface area contributed by atoms with Crippen molar-refractivity contribution in [2.45, 2.75) is 142 Å². The van der Waals surface area contributed by atoms with E-state index < -0.39 is 113 Å². The molecule has 3 spiro atoms. The zero-order valence-corrected chi connectivity index (χ0v) is 69.7. The molecule has 8 atom stereocenters. The summed E-state index contributed by atoms with van der Waals surface area (Å²) in [7, 11) is -4.38. The summed E-state index contributed by atoms with van der Waals surface area (Å²) in [5.74, 6) is -1.44. The van der Waals surface area contributed by atoms with E-state index in [1.165, 1.54) is 48.5 Å². The van der Waals surface area contributed by atoms with E-state index in [0.29, 0.717) is 133 Å². The molecule has 7 aliphatic rings. The Labute approximate surface area is 730 Å². The quantitative estimate of drug-likeness (QED) is 0.0335. The molecule has 19 rings (SSSR count). The van der Waals surface area contributed by atoms with Crippen LogP contribution >= 0.6 is 7.60 Å². The van der Waals surface area contributed by atoms with Gasteiger partial charge in [-0.15, -0.1) is 0 Å². The van der Waals surface area contributed by atoms with Gasteiger partial charge in [0.15, 0.2) is 0 Å². The lowest BCUT2D eigenvalue weighted by atomic mass is 9.56. The Kier molecular flexibility index (Phi) is 23.4. The van der Waals surface area contributed by atoms with Gasteiger partial charge in [0.25, 0.3) is 0 Å². The van der Waals surface area contributed by atoms with E-state index in [0.717, 1.165) is 33.4 Å². The number of halogens is 3. The van der Waals surface area contributed by atoms with Crippen LogP contribution in [0.15, 0.2) is 291 Å². The number of nitrogens with zero attached hydrogens (tertiary/aromatic N) is 3. The van der Waals surface area contributed by atoms with Gasteiger partial charge in [0.1, 0.15) is 71.0 Å². The molecule has 0 radical (unpaired) electrons. The van der Waals surface area contributed by atoms with Crippen molar-refractivity contribution in [1.29, 1.82) is 0 Å². The molecule has 25 heteroatoms. The van der Waals surface area contributed by atoms with Crippen LogP contribution in [0.2, 0.25) is 0 Å². The number of carbonyl (C=O) groups excluding carboxylic acids is 3. The van der Waals surface area contributed by atoms with Crippen LogP contribution in [0.25, 0.3) is 33.4 Å². The maximum absolute atomic E-state index is 14.0. The minimum atomic E-state index is -4.38. The van der Waals surface area contributed by atoms with E-state index in [2.05, 4.69) is 0 Å². The normalized spacial score (nSPS) is 27.3. The fourth-order valence-corrected chi connectivity index (χ4v) is 21.0. The van der Waals surface area contributed by atoms with E-state index in [1.807, 2.05) is 115 Å². The van der Waals surface area contributed by atoms with Gasteiger partial charge in [0.2, 0.25) is 17.7 Å². The average Bonchev–Trinajstić information content (AvgIpc) is 0.701. The minimum Gasteiger partial charge on any atom is -0.508 e. The van der Waals surface area contributed by atoms with Gasteiger partial charge in [-0.2, -0.15) is 0 Å². The maximum atomic E-state index is 14.0. The molecule has 4 heterocycles. The monoisotopic (exact) mass is 1740 g/mol. The SMILES string of the molecule is O=C1N(c2ccc(F)cc2)[C@H](c2ccc(-c3ccc(P(=O)(O)O)cc3)cc2O)C12CCC(O)(c1ccccc1)CC2.O=C1N(c2ccc(F)cc2)[C@H](c2ccc(-c3ccc([C@@H]4O[C@H](CO)[C@@H](O)[C@H](O)[C@H]4O)cc3)cc2O)C12CCC(O)(c1ccccc1)CC2.O=C1N(c2ccc(F)cc2)[C@H](c2ccc(-c3cccc(O)c3)cc2O)C12CCC(O)(c1ccccc1)CC2. The number of hydrogen-bond donors (Lipinski definition) is 13. The number of hydrogen-bond acceptors (Lipinski definition) is 16. The molecule has 12 aromatic carbocycles. The number of ether oxygens (including phenoxy) is 1. The second kappa shape index (κ2) is 34.2. The largest absolute Gasteiger partial charge is 0.508 e. The van der Waals surface area contributed by atoms with Gasteiger partial charge in [-0.3, -0.25) is 18.9 Å². The summed E-state index contributed by atoms with van der Waals surface area (Å²) in [6.45, 7) is -0.522. The number of aliphatic hydroxyl groups is 7. The number of anilines is 3. The van der Waals surface area contributed by atoms with Gasteiger partial charge in [0, 0.05) is 33.8 Å². The first-order valence-corrected chi connectivity index (χ1v) is 44.0. The number of carbonyl (C=O) groups is 3. The molecule has 21 nitrogen and oxygen atoms in total. The lowest BCUT2D eigenvalue weighted by Gasteiger charge is -2.59. The lowest BCUT2D eigenvalue weighted by Crippen LogP contribution is -2.65. The number of benzene rings is 12. The first-order valence-electron chi connectivity index (χ1n) is 42.4. The summed E-state index contributed by atoms with van der Waals surface area (Å²) in [6, 6.07) is 79.4. The van der Waals surface area contributed by atoms with Crippen molar-refractivity contribution in [1.82, 2.24) is 0 Å². The first-order chi connectivity index (χ1) is 60.9. The van der Waals surface area contributed by atoms with E-state index in [4.69, 9.17) is 4.74 Å². The summed E-state index contributed by atoms with van der Waals surface area (Å²) in [5, 5.41) is 119. The maximum Gasteiger partial charge on any atom is 0.356 e. The third-order valence-corrected chi connectivity index (χ3v) is 28.6. The predicted octanol–water partition coefficient (Wildman–Crippen LogP) is 16.2. The second-order valence-corrected chi connectivity index (χ2v) is 36.3. The van der Waals surface area contributed by atoms with E-state index in [9.17, 15) is 98.1 Å². The third kappa shape index (κ3) is 16.0. The Morgan fingerprint density at radius 2 is 0.654 bits per heavy atom. The van der Waals surface area contributed by atoms with E-state index in [1.54, 1.807) is 142 Å². The minimum absolute atomic E-state index is 0.0154. The smallest absolute Gasteiger partial charge is 0.356 e. The average molecular weight is 1740 g/mol. The van der Waals surface area contributed by atoms with Crippen molar-refractivity contribution in [2.75, 3.05) is 21.3 Å². The van der Waals surface area contributed by atoms with Crippen molar-refractivity contribution >= 4 is 47.7 Å². The Bertz CT molecular complexity index is 6090. The van der Waals surface area contributed by atoms with Crippen molar-refractivity contribution in [3.05, 3.63) is 348 Å². The van der Waals surface area contributed by atoms with Crippen molar-refractivity contribution in [2.24, 2.45) is 16.2 Å². The van der Waals surface area contributed by atoms with Crippen LogP contribution < -0.4 is 20.0 Å². The highest BCUT2D eigenvalue weighted by atomic mass is 31.2. The number of aliphatic hydroxyl groups excluding tert-OH is 4. The van der Waals surface area contributed by atoms with Gasteiger partial charge in [-0.1, -0.05) is 176 Å². The van der Waals surface area contributed by atoms with Gasteiger partial charge in [0.05, 0.1) is 63.1 Å². The fraction of sp³-hybridized carbons (Fsp3) is 0.265. The standard InChI is InChI=1S/C38H38FNO8.C32H29FNO6P.C32H28FNO4/c39-26-11-13-27(14-12-26)40-35(37(36(40)46)16-18-38(47,19-17-37)25-4-2-1-3-5-25)28-15-10-24(20-29(28)42)22-6-8-23(9-7-22)34-33(45)32(44)31(43)30(21-41)48-34;33-24-9-11-25(12-10-24)34-29(31(30(34)36)16-18-32(37,19-17-31)23-4-2-1-3-5-23)27-15-8-22(20-28(27)35)21-6-13-26(14-7-21)41(38,39)40;33-24-10-12-25(13-11-24)34-29(27-14-9-22(20-28(27)36)21-5-4-8-26(35)19-21)31(30(34)37)15-17-32(38,18-16-31)23-6-2-1-3-7-23/h1-15,20,30-35,41-45,47H,16-19,21H2;1-15,20,29,35,37H,16-19H2,(H2,38,39,40);1-14,19-20,29,35-36,38H,15-18H2/t30-,31-,32+,33-,34+,35-,37?,38?;2*29-,31?,32?/m111/s1. The van der Waals surface area contributed by atoms with Crippen LogP contribution in [-0.2, 0) is 40.5 Å². The van der Waals surface area contributed by atoms with E-state index in [-0.39, 0.29) is 46.0 Å². The summed E-state index contributed by atoms with van der Waals surface area (Å²) >= 11 is 0. The van der Waals surface area contributed by atoms with Gasteiger partial charge in [-0.05, 0) is 248 Å². The van der Waals surface area contributed by atoms with Gasteiger partial charge < -0.3 is 85.4 Å². The van der Waals surface area contributed by atoms with Crippen LogP contribution in [0.1, 0.15) is 140 Å². The Hall–Kier alpha value is -12.1. The predicted molar refractivity (Wildman–Crippen MR) is 470 cm³/mol. The summed E-state index contributed by atoms with van der Waals surface area (Å²) in [5.41, 5.74) is 4.85. The highest BCUT2D eigenvalue weighted by Crippen LogP contribution is 2.67. The molecule has 4 saturated heterocycles. The number of amides is 3. The Morgan fingerprint density at radius 3 is 0.961 bits per heavy atom. The molecule has 652 valence electrons. The molecule has 0 bridgehead atoms. The molecular weight excluding hydrogens is 1640 g/mol. The van der Waals surface area contributed by atoms with Crippen LogP contribution in [0.4, 0.5) is 30.2 Å². The van der Waals surface area contributed by atoms with Gasteiger partial charge in [-0.25, -0.2) is 13.2 Å². The summed E-state index contributed by atoms with van der Waals surface area (Å²) in [6.07, 6.45) is -1.48. The number of β-lactam (4-membered cyclic amide) rings is 3. The van der Waals surface area contributed by atoms with Crippen LogP contribution in [0.3, 0.4) is 0 Å². The van der Waals surface area contributed by atoms with Crippen molar-refractivity contribution < 1.29 is 103 Å². The molecule has 3 amide bonds. The number of aromatic hydroxyl groups is 4. The highest BCUT2D eigenvalue weighted by Gasteiger charge is 2.67. The molecule has 127 heavy (non-hydrogen) atoms. The van der Waals surface area contributed by atoms with Crippen molar-refractivity contribution in [3.8, 4) is 56.4 Å². The first kappa shape index (κ1) is 87.0. The van der Waals surface area contributed by atoms with Crippen LogP contribution in [0, 0.1) is 33.7 Å². The Morgan fingerprint density at radius 1 is 0.346 bits per heavy atom. The molecule has 13 N–H and O–H groups in total. The molecular formula is C102H95F3N3O18P. The zero-order valence-electron chi connectivity index (χ0n) is 68.8. The summed E-state index contributed by atoms with van der Waals surface area (Å²) in [4.78, 5) is 65.4. The zero-order chi connectivity index (χ0) is 89.3. The molecule has 3 aliphatic carbocycles. The number of rotatable bonds is 15. The van der Waals surface area contributed by atoms with Crippen LogP contribution in [0.5, 0.6) is 23.0 Å². The topological polar surface area (TPSA) is 350 Å². The third-order valence-electron chi connectivity index (χ3n) is 27.6. The molecule has 0 unspecified atom stereocenters. The summed E-state index contributed by atoms with van der Waals surface area (Å²) < 4.78 is 58.5. The number of phenols is 4. The van der Waals surface area contributed by atoms with Gasteiger partial charge >= 0.3 is 7.60 Å². The van der Waals surface area contributed by atoms with Crippen LogP contribution in [-0.4, -0.2) is 115 Å². The number of phenolic OH excluding ortho intramolecular Hbond substituents is 4. The fourth-order valence-electron chi connectivity index (χ4n) is 20.4. The molecule has 0 aromatic heterocycles. The highest BCUT2D eigenvalue weighted by molar-refractivity contribution is 7.60. The molecule has 4 aliphatic heterocycles. The Balaban J connectivity index is 0.000000135. The molecule has 3 saturated carbocycles. The lowest BCUT2D eigenvalue weighted by molar-refractivity contribution is -0.231. The molecule has 12 aromatic rings.